The van der Waals surface area contributed by atoms with E-state index in [0.29, 0.717) is 18.8 Å². The topological polar surface area (TPSA) is 312 Å². The van der Waals surface area contributed by atoms with Gasteiger partial charge in [0.25, 0.3) is 29.5 Å². The molecule has 23 heteroatoms. The lowest BCUT2D eigenvalue weighted by Gasteiger charge is -2.48. The minimum Gasteiger partial charge on any atom is -0.458 e. The zero-order chi connectivity index (χ0) is 51.0. The van der Waals surface area contributed by atoms with Gasteiger partial charge in [-0.3, -0.25) is 49.2 Å². The van der Waals surface area contributed by atoms with Gasteiger partial charge in [-0.05, 0) is 83.0 Å². The summed E-state index contributed by atoms with van der Waals surface area (Å²) in [5, 5.41) is 73.8. The summed E-state index contributed by atoms with van der Waals surface area (Å²) in [7, 11) is 0. The maximum atomic E-state index is 15.1. The summed E-state index contributed by atoms with van der Waals surface area (Å²) in [5.74, 6) is -12.1. The first-order chi connectivity index (χ1) is 31.6. The number of hydrazine groups is 2. The molecule has 5 aliphatic rings. The molecule has 386 valence electrons. The van der Waals surface area contributed by atoms with Gasteiger partial charge in [0, 0.05) is 32.5 Å². The summed E-state index contributed by atoms with van der Waals surface area (Å²) in [6.07, 6.45) is -1.48. The SMILES string of the molecule is CC[C@H](C)C[C@H]1CC[C@](O)([C@](C)(O)C(=O)N[C@@H]2C(=O)N3NCCC[C@@H]3C(=O)N(O)[C@@H](C)[13C](=O)N3NC[C@H](O)C[C@@H]3C(=O)N3CC[C@@](C)(O)[C@H]3C(=O)N(O)[C@@H](C(C)C)C(=O)O[C@H]2C(C)C)O[C@@H]1CC. The van der Waals surface area contributed by atoms with Gasteiger partial charge in [0.2, 0.25) is 11.7 Å². The molecule has 5 heterocycles. The molecule has 5 fully saturated rings. The molecule has 0 bridgehead atoms. The van der Waals surface area contributed by atoms with E-state index in [1.165, 1.54) is 34.6 Å². The summed E-state index contributed by atoms with van der Waals surface area (Å²) in [4.78, 5) is 103. The van der Waals surface area contributed by atoms with Gasteiger partial charge in [-0.2, -0.15) is 0 Å². The second kappa shape index (κ2) is 21.5. The third kappa shape index (κ3) is 10.8. The van der Waals surface area contributed by atoms with Crippen LogP contribution in [0.2, 0.25) is 0 Å². The zero-order valence-electron chi connectivity index (χ0n) is 41.1. The van der Waals surface area contributed by atoms with Crippen molar-refractivity contribution in [3.63, 3.8) is 0 Å². The Morgan fingerprint density at radius 3 is 2.13 bits per heavy atom. The van der Waals surface area contributed by atoms with Crippen LogP contribution in [0.3, 0.4) is 0 Å². The van der Waals surface area contributed by atoms with Crippen molar-refractivity contribution >= 4 is 41.4 Å². The van der Waals surface area contributed by atoms with E-state index in [1.807, 2.05) is 6.92 Å². The molecular weight excluding hydrogens is 894 g/mol. The monoisotopic (exact) mass is 970 g/mol. The molecule has 0 radical (unpaired) electrons. The van der Waals surface area contributed by atoms with E-state index in [1.54, 1.807) is 0 Å². The Labute approximate surface area is 397 Å². The molecule has 0 aromatic rings. The predicted molar refractivity (Wildman–Crippen MR) is 237 cm³/mol. The molecule has 14 atom stereocenters. The van der Waals surface area contributed by atoms with Gasteiger partial charge in [-0.1, -0.05) is 54.9 Å². The fourth-order valence-corrected chi connectivity index (χ4v) is 10.1. The van der Waals surface area contributed by atoms with Crippen LogP contribution in [-0.4, -0.2) is 188 Å². The second-order valence-electron chi connectivity index (χ2n) is 20.6. The molecule has 6 amide bonds. The fraction of sp³-hybridized carbons (Fsp3) is 0.844. The quantitative estimate of drug-likeness (QED) is 0.0784. The van der Waals surface area contributed by atoms with E-state index in [-0.39, 0.29) is 67.8 Å². The number of aliphatic hydroxyl groups excluding tert-OH is 1. The van der Waals surface area contributed by atoms with Gasteiger partial charge in [-0.25, -0.2) is 25.8 Å². The standard InChI is InChI=1S/C45H76N8O15/c1-11-25(7)20-27-15-16-45(64,68-31(27)12-2)44(10,63)42(61)48-32-34(24(5)6)67-41(60)33(23(3)4)53(66)40(59)35-43(9,62)17-19-49(35)37(56)30-21-28(54)22-47-51(30)36(55)26(8)52(65)38(57)29-14-13-18-46-50(29)39(32)58/h23-35,46-47,54,62-66H,11-22H2,1-10H3,(H,48,61)/t25-,26-,27+,28+,29+,30+,31+,32-,33-,34-,35+,43+,44+,45+/m0/s1/i36+1. The van der Waals surface area contributed by atoms with E-state index in [4.69, 9.17) is 9.47 Å². The number of rotatable bonds is 9. The summed E-state index contributed by atoms with van der Waals surface area (Å²) < 4.78 is 12.2. The third-order valence-corrected chi connectivity index (χ3v) is 14.7. The van der Waals surface area contributed by atoms with Gasteiger partial charge in [-0.15, -0.1) is 0 Å². The van der Waals surface area contributed by atoms with Crippen molar-refractivity contribution in [2.24, 2.45) is 23.7 Å². The van der Waals surface area contributed by atoms with E-state index < -0.39 is 125 Å². The Bertz CT molecular complexity index is 1890. The maximum absolute atomic E-state index is 15.1. The van der Waals surface area contributed by atoms with Crippen molar-refractivity contribution in [1.29, 1.82) is 0 Å². The number of hydrogen-bond acceptors (Lipinski definition) is 17. The van der Waals surface area contributed by atoms with E-state index in [0.717, 1.165) is 41.6 Å². The highest BCUT2D eigenvalue weighted by molar-refractivity contribution is 5.98. The van der Waals surface area contributed by atoms with Crippen molar-refractivity contribution in [3.8, 4) is 0 Å². The summed E-state index contributed by atoms with van der Waals surface area (Å²) in [6, 6.07) is -10.6. The van der Waals surface area contributed by atoms with Gasteiger partial charge in [0.1, 0.15) is 36.3 Å². The van der Waals surface area contributed by atoms with Crippen molar-refractivity contribution in [2.45, 2.75) is 199 Å². The average Bonchev–Trinajstić information content (AvgIpc) is 3.62. The van der Waals surface area contributed by atoms with Crippen LogP contribution in [0.25, 0.3) is 0 Å². The smallest absolute Gasteiger partial charge is 0.332 e. The molecule has 23 nitrogen and oxygen atoms in total. The lowest BCUT2D eigenvalue weighted by atomic mass is 9.78. The number of β-amino-alcohol motifs (C(OH)–C–C–N with tert-alkyl or cyclic N) is 1. The number of fused-ring (bicyclic) bond motifs is 3. The number of cyclic esters (lactones) is 1. The number of aliphatic hydroxyl groups is 4. The predicted octanol–water partition coefficient (Wildman–Crippen LogP) is -0.704. The van der Waals surface area contributed by atoms with Gasteiger partial charge >= 0.3 is 5.97 Å². The number of esters is 1. The second-order valence-corrected chi connectivity index (χ2v) is 20.6. The van der Waals surface area contributed by atoms with Crippen LogP contribution in [0.5, 0.6) is 0 Å². The van der Waals surface area contributed by atoms with Crippen LogP contribution < -0.4 is 16.2 Å². The summed E-state index contributed by atoms with van der Waals surface area (Å²) >= 11 is 0. The fourth-order valence-electron chi connectivity index (χ4n) is 10.1. The Balaban J connectivity index is 1.62. The highest BCUT2D eigenvalue weighted by Gasteiger charge is 2.59. The minimum absolute atomic E-state index is 0.0101. The Morgan fingerprint density at radius 2 is 1.53 bits per heavy atom. The lowest BCUT2D eigenvalue weighted by Crippen LogP contribution is -2.70. The van der Waals surface area contributed by atoms with Gasteiger partial charge in [0.15, 0.2) is 11.6 Å². The van der Waals surface area contributed by atoms with Crippen LogP contribution in [0.4, 0.5) is 0 Å². The summed E-state index contributed by atoms with van der Waals surface area (Å²) in [5.41, 5.74) is 0.710. The Morgan fingerprint density at radius 1 is 0.882 bits per heavy atom. The first-order valence-electron chi connectivity index (χ1n) is 24.2. The number of carbonyl (C=O) groups is 7. The molecule has 0 aromatic heterocycles. The lowest BCUT2D eigenvalue weighted by molar-refractivity contribution is -0.329. The molecule has 0 unspecified atom stereocenters. The number of hydroxylamine groups is 4. The normalized spacial score (nSPS) is 36.6. The molecular formula is C45H76N8O15. The number of amides is 6. The molecule has 0 spiro atoms. The molecule has 5 rings (SSSR count). The maximum Gasteiger partial charge on any atom is 0.332 e. The molecule has 0 aliphatic carbocycles. The average molecular weight is 970 g/mol. The minimum atomic E-state index is -2.76. The van der Waals surface area contributed by atoms with E-state index in [2.05, 4.69) is 30.0 Å². The molecule has 0 saturated carbocycles. The van der Waals surface area contributed by atoms with Crippen LogP contribution in [0, 0.1) is 23.7 Å². The molecule has 68 heavy (non-hydrogen) atoms. The molecule has 5 saturated heterocycles. The van der Waals surface area contributed by atoms with Crippen molar-refractivity contribution in [1.82, 2.24) is 41.2 Å². The number of hydrogen-bond donors (Lipinski definition) is 9. The Kier molecular flexibility index (Phi) is 17.4. The third-order valence-electron chi connectivity index (χ3n) is 14.7. The van der Waals surface area contributed by atoms with Gasteiger partial charge in [0.05, 0.1) is 17.8 Å². The first-order valence-corrected chi connectivity index (χ1v) is 24.2. The van der Waals surface area contributed by atoms with Crippen LogP contribution in [-0.2, 0) is 43.0 Å². The van der Waals surface area contributed by atoms with Crippen LogP contribution >= 0.6 is 0 Å². The van der Waals surface area contributed by atoms with Crippen LogP contribution in [0.15, 0.2) is 0 Å². The molecule has 0 aromatic carbocycles. The zero-order valence-corrected chi connectivity index (χ0v) is 41.1. The van der Waals surface area contributed by atoms with Crippen LogP contribution in [0.1, 0.15) is 127 Å². The number of nitrogens with one attached hydrogen (secondary N) is 3. The Hall–Kier alpha value is -4.07. The van der Waals surface area contributed by atoms with Crippen molar-refractivity contribution in [2.75, 3.05) is 19.6 Å². The largest absolute Gasteiger partial charge is 0.458 e. The summed E-state index contributed by atoms with van der Waals surface area (Å²) in [6.45, 7) is 15.0. The van der Waals surface area contributed by atoms with Crippen molar-refractivity contribution in [3.05, 3.63) is 0 Å². The van der Waals surface area contributed by atoms with E-state index in [9.17, 15) is 59.6 Å². The molecule has 5 aliphatic heterocycles. The highest BCUT2D eigenvalue weighted by atomic mass is 16.7. The molecule has 9 N–H and O–H groups in total. The number of ether oxygens (including phenoxy) is 2. The van der Waals surface area contributed by atoms with Crippen molar-refractivity contribution < 1.29 is 73.9 Å². The van der Waals surface area contributed by atoms with E-state index >= 15 is 4.79 Å². The number of carbonyl (C=O) groups excluding carboxylic acids is 7. The highest BCUT2D eigenvalue weighted by Crippen LogP contribution is 2.42. The first kappa shape index (κ1) is 54.9. The number of nitrogens with zero attached hydrogens (tertiary/aromatic N) is 5. The van der Waals surface area contributed by atoms with Gasteiger partial charge < -0.3 is 40.1 Å².